The lowest BCUT2D eigenvalue weighted by Crippen LogP contribution is -2.36. The van der Waals surface area contributed by atoms with Gasteiger partial charge in [-0.2, -0.15) is 0 Å². The Morgan fingerprint density at radius 3 is 2.92 bits per heavy atom. The maximum atomic E-state index is 12.5. The third kappa shape index (κ3) is 4.04. The summed E-state index contributed by atoms with van der Waals surface area (Å²) in [6.45, 7) is 2.64. The van der Waals surface area contributed by atoms with Crippen LogP contribution in [0.1, 0.15) is 29.2 Å². The minimum Gasteiger partial charge on any atom is -0.324 e. The molecule has 2 aromatic rings. The van der Waals surface area contributed by atoms with Crippen molar-refractivity contribution in [2.45, 2.75) is 25.8 Å². The average Bonchev–Trinajstić information content (AvgIpc) is 3.01. The van der Waals surface area contributed by atoms with E-state index in [2.05, 4.69) is 34.3 Å². The van der Waals surface area contributed by atoms with E-state index >= 15 is 0 Å². The number of nitrogens with zero attached hydrogens (tertiary/aromatic N) is 1. The molecular weight excluding hydrogens is 332 g/mol. The van der Waals surface area contributed by atoms with E-state index < -0.39 is 0 Å². The Morgan fingerprint density at radius 2 is 2.16 bits per heavy atom. The number of carbonyl (C=O) groups is 1. The number of rotatable bonds is 5. The van der Waals surface area contributed by atoms with Gasteiger partial charge in [0.2, 0.25) is 5.91 Å². The van der Waals surface area contributed by atoms with Gasteiger partial charge in [-0.3, -0.25) is 9.69 Å². The molecule has 1 unspecified atom stereocenters. The van der Waals surface area contributed by atoms with Crippen LogP contribution in [0.25, 0.3) is 0 Å². The molecule has 25 heavy (non-hydrogen) atoms. The van der Waals surface area contributed by atoms with Crippen LogP contribution in [-0.4, -0.2) is 23.9 Å². The molecule has 0 aliphatic heterocycles. The van der Waals surface area contributed by atoms with E-state index in [0.29, 0.717) is 17.3 Å². The molecule has 1 aliphatic carbocycles. The second kappa shape index (κ2) is 7.74. The van der Waals surface area contributed by atoms with Gasteiger partial charge in [-0.25, -0.2) is 0 Å². The molecule has 1 amide bonds. The van der Waals surface area contributed by atoms with E-state index in [1.54, 1.807) is 0 Å². The lowest BCUT2D eigenvalue weighted by molar-refractivity contribution is -0.117. The van der Waals surface area contributed by atoms with Crippen LogP contribution in [0.15, 0.2) is 42.5 Å². The molecular formula is C21H21ClN2O. The van der Waals surface area contributed by atoms with Crippen LogP contribution in [0, 0.1) is 19.3 Å². The number of benzene rings is 2. The quantitative estimate of drug-likeness (QED) is 0.817. The van der Waals surface area contributed by atoms with Gasteiger partial charge in [-0.1, -0.05) is 47.9 Å². The van der Waals surface area contributed by atoms with Gasteiger partial charge in [0.05, 0.1) is 23.8 Å². The van der Waals surface area contributed by atoms with Crippen molar-refractivity contribution in [3.8, 4) is 12.3 Å². The topological polar surface area (TPSA) is 32.3 Å². The predicted octanol–water partition coefficient (Wildman–Crippen LogP) is 4.21. The molecule has 128 valence electrons. The highest BCUT2D eigenvalue weighted by Gasteiger charge is 2.28. The second-order valence-electron chi connectivity index (χ2n) is 6.39. The van der Waals surface area contributed by atoms with Crippen LogP contribution < -0.4 is 5.32 Å². The molecule has 0 bridgehead atoms. The lowest BCUT2D eigenvalue weighted by atomic mass is 10.1. The molecule has 0 spiro atoms. The van der Waals surface area contributed by atoms with E-state index in [9.17, 15) is 4.79 Å². The van der Waals surface area contributed by atoms with E-state index in [4.69, 9.17) is 18.0 Å². The molecule has 3 nitrogen and oxygen atoms in total. The smallest absolute Gasteiger partial charge is 0.238 e. The summed E-state index contributed by atoms with van der Waals surface area (Å²) in [7, 11) is 0. The Hall–Kier alpha value is -2.28. The molecule has 0 aromatic heterocycles. The number of halogens is 1. The number of terminal acetylenes is 1. The van der Waals surface area contributed by atoms with Crippen molar-refractivity contribution in [2.24, 2.45) is 0 Å². The third-order valence-corrected chi connectivity index (χ3v) is 4.89. The lowest BCUT2D eigenvalue weighted by Gasteiger charge is -2.27. The normalized spacial score (nSPS) is 15.7. The highest BCUT2D eigenvalue weighted by molar-refractivity contribution is 6.33. The first-order valence-electron chi connectivity index (χ1n) is 8.40. The van der Waals surface area contributed by atoms with Crippen molar-refractivity contribution in [3.05, 3.63) is 64.2 Å². The number of aryl methyl sites for hydroxylation is 2. The minimum absolute atomic E-state index is 0.106. The van der Waals surface area contributed by atoms with Crippen molar-refractivity contribution in [2.75, 3.05) is 18.4 Å². The summed E-state index contributed by atoms with van der Waals surface area (Å²) < 4.78 is 0. The summed E-state index contributed by atoms with van der Waals surface area (Å²) >= 11 is 6.20. The molecule has 0 saturated carbocycles. The van der Waals surface area contributed by atoms with Crippen molar-refractivity contribution in [1.29, 1.82) is 0 Å². The van der Waals surface area contributed by atoms with Crippen molar-refractivity contribution in [1.82, 2.24) is 4.90 Å². The third-order valence-electron chi connectivity index (χ3n) is 4.58. The highest BCUT2D eigenvalue weighted by atomic mass is 35.5. The summed E-state index contributed by atoms with van der Waals surface area (Å²) in [6.07, 6.45) is 7.55. The largest absolute Gasteiger partial charge is 0.324 e. The van der Waals surface area contributed by atoms with Gasteiger partial charge >= 0.3 is 0 Å². The summed E-state index contributed by atoms with van der Waals surface area (Å²) in [5.41, 5.74) is 4.31. The predicted molar refractivity (Wildman–Crippen MR) is 103 cm³/mol. The Morgan fingerprint density at radius 1 is 1.36 bits per heavy atom. The SMILES string of the molecule is C#CCN(CC(=O)Nc1ccc(C)cc1Cl)C1CCc2ccccc21. The second-order valence-corrected chi connectivity index (χ2v) is 6.80. The molecule has 1 N–H and O–H groups in total. The van der Waals surface area contributed by atoms with Crippen molar-refractivity contribution < 1.29 is 4.79 Å². The van der Waals surface area contributed by atoms with Crippen LogP contribution in [-0.2, 0) is 11.2 Å². The zero-order valence-electron chi connectivity index (χ0n) is 14.3. The zero-order chi connectivity index (χ0) is 17.8. The van der Waals surface area contributed by atoms with Gasteiger partial charge in [-0.05, 0) is 48.6 Å². The number of anilines is 1. The number of amides is 1. The van der Waals surface area contributed by atoms with Crippen LogP contribution in [0.3, 0.4) is 0 Å². The van der Waals surface area contributed by atoms with E-state index in [1.807, 2.05) is 31.2 Å². The van der Waals surface area contributed by atoms with E-state index in [1.165, 1.54) is 11.1 Å². The fraction of sp³-hybridized carbons (Fsp3) is 0.286. The van der Waals surface area contributed by atoms with Crippen LogP contribution >= 0.6 is 11.6 Å². The summed E-state index contributed by atoms with van der Waals surface area (Å²) in [4.78, 5) is 14.6. The van der Waals surface area contributed by atoms with Gasteiger partial charge in [0, 0.05) is 6.04 Å². The zero-order valence-corrected chi connectivity index (χ0v) is 15.0. The molecule has 0 heterocycles. The molecule has 1 aliphatic rings. The fourth-order valence-corrected chi connectivity index (χ4v) is 3.69. The number of hydrogen-bond acceptors (Lipinski definition) is 2. The Labute approximate surface area is 154 Å². The highest BCUT2D eigenvalue weighted by Crippen LogP contribution is 2.35. The first kappa shape index (κ1) is 17.5. The Balaban J connectivity index is 1.72. The van der Waals surface area contributed by atoms with Crippen molar-refractivity contribution in [3.63, 3.8) is 0 Å². The van der Waals surface area contributed by atoms with Gasteiger partial charge in [-0.15, -0.1) is 6.42 Å². The van der Waals surface area contributed by atoms with Crippen LogP contribution in [0.2, 0.25) is 5.02 Å². The summed E-state index contributed by atoms with van der Waals surface area (Å²) in [5, 5.41) is 3.44. The van der Waals surface area contributed by atoms with E-state index in [0.717, 1.165) is 18.4 Å². The number of carbonyl (C=O) groups excluding carboxylic acids is 1. The first-order valence-corrected chi connectivity index (χ1v) is 8.77. The van der Waals surface area contributed by atoms with Gasteiger partial charge in [0.1, 0.15) is 0 Å². The van der Waals surface area contributed by atoms with Gasteiger partial charge < -0.3 is 5.32 Å². The Kier molecular flexibility index (Phi) is 5.43. The molecule has 0 saturated heterocycles. The van der Waals surface area contributed by atoms with Gasteiger partial charge in [0.15, 0.2) is 0 Å². The maximum absolute atomic E-state index is 12.5. The fourth-order valence-electron chi connectivity index (χ4n) is 3.40. The van der Waals surface area contributed by atoms with E-state index in [-0.39, 0.29) is 18.5 Å². The molecule has 2 aromatic carbocycles. The molecule has 1 atom stereocenters. The van der Waals surface area contributed by atoms with Crippen LogP contribution in [0.4, 0.5) is 5.69 Å². The molecule has 3 rings (SSSR count). The molecule has 0 radical (unpaired) electrons. The standard InChI is InChI=1S/C21H21ClN2O/c1-3-12-24(20-11-9-16-6-4-5-7-17(16)20)14-21(25)23-19-10-8-15(2)13-18(19)22/h1,4-8,10,13,20H,9,11-12,14H2,2H3,(H,23,25). The van der Waals surface area contributed by atoms with Crippen molar-refractivity contribution >= 4 is 23.2 Å². The average molecular weight is 353 g/mol. The minimum atomic E-state index is -0.106. The molecule has 4 heteroatoms. The maximum Gasteiger partial charge on any atom is 0.238 e. The summed E-state index contributed by atoms with van der Waals surface area (Å²) in [5.74, 6) is 2.58. The monoisotopic (exact) mass is 352 g/mol. The number of hydrogen-bond donors (Lipinski definition) is 1. The Bertz CT molecular complexity index is 825. The van der Waals surface area contributed by atoms with Crippen LogP contribution in [0.5, 0.6) is 0 Å². The summed E-state index contributed by atoms with van der Waals surface area (Å²) in [6, 6.07) is 14.1. The molecule has 0 fully saturated rings. The number of fused-ring (bicyclic) bond motifs is 1. The number of nitrogens with one attached hydrogen (secondary N) is 1. The first-order chi connectivity index (χ1) is 12.1. The van der Waals surface area contributed by atoms with Gasteiger partial charge in [0.25, 0.3) is 0 Å².